The molecule has 0 aliphatic carbocycles. The number of para-hydroxylation sites is 1. The number of rotatable bonds is 9. The molecule has 1 fully saturated rings. The second-order valence-electron chi connectivity index (χ2n) is 7.95. The Morgan fingerprint density at radius 3 is 2.32 bits per heavy atom. The van der Waals surface area contributed by atoms with E-state index in [4.69, 9.17) is 9.15 Å². The molecule has 0 spiro atoms. The SMILES string of the molecule is O=C(NCC(=O)N(c1ccccc1)[C@@H](C(=O)NC[C@@H]1CCCO1)c1ccccc1)c1ccco1. The van der Waals surface area contributed by atoms with E-state index in [1.807, 2.05) is 24.3 Å². The van der Waals surface area contributed by atoms with Gasteiger partial charge < -0.3 is 19.8 Å². The van der Waals surface area contributed by atoms with Crippen molar-refractivity contribution in [1.29, 1.82) is 0 Å². The Morgan fingerprint density at radius 1 is 0.941 bits per heavy atom. The predicted octanol–water partition coefficient (Wildman–Crippen LogP) is 3.08. The number of furan rings is 1. The van der Waals surface area contributed by atoms with Crippen LogP contribution in [0.15, 0.2) is 83.5 Å². The third kappa shape index (κ3) is 5.71. The molecule has 4 rings (SSSR count). The van der Waals surface area contributed by atoms with Crippen molar-refractivity contribution in [1.82, 2.24) is 10.6 Å². The Balaban J connectivity index is 1.60. The molecule has 176 valence electrons. The second-order valence-corrected chi connectivity index (χ2v) is 7.95. The lowest BCUT2D eigenvalue weighted by Crippen LogP contribution is -2.48. The number of hydrogen-bond donors (Lipinski definition) is 2. The highest BCUT2D eigenvalue weighted by Crippen LogP contribution is 2.28. The fraction of sp³-hybridized carbons (Fsp3) is 0.269. The fourth-order valence-electron chi connectivity index (χ4n) is 3.93. The van der Waals surface area contributed by atoms with Crippen LogP contribution in [0.5, 0.6) is 0 Å². The van der Waals surface area contributed by atoms with Crippen LogP contribution in [0.1, 0.15) is 35.0 Å². The molecular formula is C26H27N3O5. The highest BCUT2D eigenvalue weighted by atomic mass is 16.5. The molecule has 1 aliphatic rings. The van der Waals surface area contributed by atoms with Crippen LogP contribution in [0.3, 0.4) is 0 Å². The van der Waals surface area contributed by atoms with Gasteiger partial charge in [-0.1, -0.05) is 48.5 Å². The third-order valence-corrected chi connectivity index (χ3v) is 5.60. The molecule has 0 radical (unpaired) electrons. The summed E-state index contributed by atoms with van der Waals surface area (Å²) in [5, 5.41) is 5.54. The van der Waals surface area contributed by atoms with E-state index in [2.05, 4.69) is 10.6 Å². The van der Waals surface area contributed by atoms with Crippen LogP contribution >= 0.6 is 0 Å². The van der Waals surface area contributed by atoms with Crippen LogP contribution in [0.25, 0.3) is 0 Å². The lowest BCUT2D eigenvalue weighted by molar-refractivity contribution is -0.126. The van der Waals surface area contributed by atoms with E-state index in [0.717, 1.165) is 12.8 Å². The molecule has 34 heavy (non-hydrogen) atoms. The number of anilines is 1. The average molecular weight is 462 g/mol. The summed E-state index contributed by atoms with van der Waals surface area (Å²) in [6.45, 7) is 0.748. The van der Waals surface area contributed by atoms with Gasteiger partial charge in [0.25, 0.3) is 5.91 Å². The van der Waals surface area contributed by atoms with Crippen LogP contribution in [-0.2, 0) is 14.3 Å². The van der Waals surface area contributed by atoms with E-state index in [1.165, 1.54) is 17.2 Å². The Hall–Kier alpha value is -3.91. The third-order valence-electron chi connectivity index (χ3n) is 5.60. The highest BCUT2D eigenvalue weighted by Gasteiger charge is 2.33. The summed E-state index contributed by atoms with van der Waals surface area (Å²) in [5.74, 6) is -1.16. The summed E-state index contributed by atoms with van der Waals surface area (Å²) in [4.78, 5) is 40.7. The van der Waals surface area contributed by atoms with Gasteiger partial charge in [-0.3, -0.25) is 19.3 Å². The van der Waals surface area contributed by atoms with Crippen molar-refractivity contribution in [2.75, 3.05) is 24.6 Å². The van der Waals surface area contributed by atoms with E-state index in [-0.39, 0.29) is 24.3 Å². The molecular weight excluding hydrogens is 434 g/mol. The van der Waals surface area contributed by atoms with Crippen molar-refractivity contribution in [3.05, 3.63) is 90.4 Å². The van der Waals surface area contributed by atoms with Crippen molar-refractivity contribution in [2.45, 2.75) is 25.0 Å². The number of nitrogens with one attached hydrogen (secondary N) is 2. The summed E-state index contributed by atoms with van der Waals surface area (Å²) in [7, 11) is 0. The normalized spacial score (nSPS) is 15.9. The molecule has 0 unspecified atom stereocenters. The number of carbonyl (C=O) groups is 3. The van der Waals surface area contributed by atoms with Gasteiger partial charge in [-0.15, -0.1) is 0 Å². The molecule has 0 bridgehead atoms. The largest absolute Gasteiger partial charge is 0.459 e. The minimum atomic E-state index is -0.932. The number of ether oxygens (including phenoxy) is 1. The highest BCUT2D eigenvalue weighted by molar-refractivity contribution is 6.04. The number of carbonyl (C=O) groups excluding carboxylic acids is 3. The minimum absolute atomic E-state index is 0.0335. The molecule has 1 aliphatic heterocycles. The van der Waals surface area contributed by atoms with Gasteiger partial charge in [0, 0.05) is 18.8 Å². The van der Waals surface area contributed by atoms with Crippen molar-refractivity contribution in [3.63, 3.8) is 0 Å². The molecule has 2 heterocycles. The van der Waals surface area contributed by atoms with Gasteiger partial charge in [-0.05, 0) is 42.7 Å². The van der Waals surface area contributed by atoms with Crippen molar-refractivity contribution >= 4 is 23.4 Å². The summed E-state index contributed by atoms with van der Waals surface area (Å²) >= 11 is 0. The maximum atomic E-state index is 13.5. The zero-order valence-corrected chi connectivity index (χ0v) is 18.7. The van der Waals surface area contributed by atoms with E-state index in [9.17, 15) is 14.4 Å². The van der Waals surface area contributed by atoms with Gasteiger partial charge in [0.1, 0.15) is 6.04 Å². The van der Waals surface area contributed by atoms with Crippen molar-refractivity contribution in [2.24, 2.45) is 0 Å². The smallest absolute Gasteiger partial charge is 0.287 e. The topological polar surface area (TPSA) is 101 Å². The molecule has 8 nitrogen and oxygen atoms in total. The van der Waals surface area contributed by atoms with Gasteiger partial charge in [-0.2, -0.15) is 0 Å². The fourth-order valence-corrected chi connectivity index (χ4v) is 3.93. The molecule has 1 saturated heterocycles. The number of hydrogen-bond acceptors (Lipinski definition) is 5. The molecule has 2 atom stereocenters. The molecule has 1 aromatic heterocycles. The first-order valence-electron chi connectivity index (χ1n) is 11.3. The Morgan fingerprint density at radius 2 is 1.68 bits per heavy atom. The quantitative estimate of drug-likeness (QED) is 0.510. The van der Waals surface area contributed by atoms with E-state index < -0.39 is 17.9 Å². The maximum absolute atomic E-state index is 13.5. The first kappa shape index (κ1) is 23.3. The van der Waals surface area contributed by atoms with Crippen LogP contribution in [0, 0.1) is 0 Å². The van der Waals surface area contributed by atoms with Crippen molar-refractivity contribution in [3.8, 4) is 0 Å². The van der Waals surface area contributed by atoms with Gasteiger partial charge in [0.15, 0.2) is 5.76 Å². The molecule has 3 aromatic rings. The minimum Gasteiger partial charge on any atom is -0.459 e. The molecule has 3 amide bonds. The number of nitrogens with zero attached hydrogens (tertiary/aromatic N) is 1. The summed E-state index contributed by atoms with van der Waals surface area (Å²) in [6, 6.07) is 20.2. The molecule has 8 heteroatoms. The monoisotopic (exact) mass is 461 g/mol. The standard InChI is InChI=1S/C26H27N3O5/c30-23(18-28-25(31)22-14-8-16-34-22)29(20-11-5-2-6-12-20)24(19-9-3-1-4-10-19)26(32)27-17-21-13-7-15-33-21/h1-6,8-12,14,16,21,24H,7,13,15,17-18H2,(H,27,32)(H,28,31)/t21-,24+/m0/s1. The molecule has 0 saturated carbocycles. The number of benzene rings is 2. The van der Waals surface area contributed by atoms with Crippen LogP contribution < -0.4 is 15.5 Å². The molecule has 2 aromatic carbocycles. The first-order valence-corrected chi connectivity index (χ1v) is 11.3. The predicted molar refractivity (Wildman–Crippen MR) is 126 cm³/mol. The summed E-state index contributed by atoms with van der Waals surface area (Å²) in [6.07, 6.45) is 3.20. The van der Waals surface area contributed by atoms with Crippen LogP contribution in [0.4, 0.5) is 5.69 Å². The van der Waals surface area contributed by atoms with Crippen LogP contribution in [0.2, 0.25) is 0 Å². The van der Waals surface area contributed by atoms with Crippen molar-refractivity contribution < 1.29 is 23.5 Å². The van der Waals surface area contributed by atoms with E-state index in [1.54, 1.807) is 42.5 Å². The Labute approximate surface area is 197 Å². The van der Waals surface area contributed by atoms with Gasteiger partial charge in [0.2, 0.25) is 11.8 Å². The Bertz CT molecular complexity index is 1080. The van der Waals surface area contributed by atoms with Gasteiger partial charge >= 0.3 is 0 Å². The zero-order chi connectivity index (χ0) is 23.8. The maximum Gasteiger partial charge on any atom is 0.287 e. The first-order chi connectivity index (χ1) is 16.6. The number of amides is 3. The summed E-state index contributed by atoms with van der Waals surface area (Å²) in [5.41, 5.74) is 1.20. The lowest BCUT2D eigenvalue weighted by Gasteiger charge is -2.32. The van der Waals surface area contributed by atoms with E-state index in [0.29, 0.717) is 24.4 Å². The Kier molecular flexibility index (Phi) is 7.72. The average Bonchev–Trinajstić information content (AvgIpc) is 3.60. The van der Waals surface area contributed by atoms with Crippen LogP contribution in [-0.4, -0.2) is 43.5 Å². The zero-order valence-electron chi connectivity index (χ0n) is 18.7. The molecule has 2 N–H and O–H groups in total. The lowest BCUT2D eigenvalue weighted by atomic mass is 10.0. The van der Waals surface area contributed by atoms with Gasteiger partial charge in [-0.25, -0.2) is 0 Å². The van der Waals surface area contributed by atoms with Gasteiger partial charge in [0.05, 0.1) is 18.9 Å². The second kappa shape index (κ2) is 11.3. The van der Waals surface area contributed by atoms with E-state index >= 15 is 0 Å². The summed E-state index contributed by atoms with van der Waals surface area (Å²) < 4.78 is 10.7.